The van der Waals surface area contributed by atoms with Crippen LogP contribution >= 0.6 is 0 Å². The summed E-state index contributed by atoms with van der Waals surface area (Å²) in [6, 6.07) is 14.2. The Morgan fingerprint density at radius 3 is 2.64 bits per heavy atom. The van der Waals surface area contributed by atoms with Crippen molar-refractivity contribution in [1.29, 1.82) is 0 Å². The van der Waals surface area contributed by atoms with Crippen molar-refractivity contribution < 1.29 is 19.1 Å². The molecule has 2 saturated heterocycles. The first-order valence-corrected chi connectivity index (χ1v) is 12.1. The number of aromatic nitrogens is 1. The fraction of sp³-hybridized carbons (Fsp3) is 0.462. The molecule has 0 saturated carbocycles. The average molecular weight is 495 g/mol. The second-order valence-corrected chi connectivity index (χ2v) is 10.0. The Morgan fingerprint density at radius 2 is 1.94 bits per heavy atom. The summed E-state index contributed by atoms with van der Waals surface area (Å²) in [5, 5.41) is 5.71. The van der Waals surface area contributed by atoms with Crippen molar-refractivity contribution in [2.24, 2.45) is 5.73 Å². The normalized spacial score (nSPS) is 20.5. The van der Waals surface area contributed by atoms with Gasteiger partial charge in [-0.2, -0.15) is 0 Å². The van der Waals surface area contributed by atoms with Crippen molar-refractivity contribution in [2.45, 2.75) is 44.0 Å². The van der Waals surface area contributed by atoms with Gasteiger partial charge in [0, 0.05) is 44.5 Å². The topological polar surface area (TPSA) is 130 Å². The van der Waals surface area contributed by atoms with Crippen LogP contribution in [-0.4, -0.2) is 82.5 Å². The molecule has 4 N–H and O–H groups in total. The maximum atomic E-state index is 13.7. The molecule has 0 bridgehead atoms. The van der Waals surface area contributed by atoms with Crippen molar-refractivity contribution in [3.63, 3.8) is 0 Å². The number of amides is 4. The predicted molar refractivity (Wildman–Crippen MR) is 134 cm³/mol. The van der Waals surface area contributed by atoms with Crippen LogP contribution in [0.5, 0.6) is 0 Å². The minimum Gasteiger partial charge on any atom is -0.374 e. The average Bonchev–Trinajstić information content (AvgIpc) is 3.18. The van der Waals surface area contributed by atoms with Gasteiger partial charge in [-0.15, -0.1) is 0 Å². The third kappa shape index (κ3) is 5.83. The van der Waals surface area contributed by atoms with Crippen molar-refractivity contribution in [1.82, 2.24) is 25.4 Å². The smallest absolute Gasteiger partial charge is 0.318 e. The van der Waals surface area contributed by atoms with Crippen molar-refractivity contribution >= 4 is 17.8 Å². The van der Waals surface area contributed by atoms with Gasteiger partial charge in [-0.3, -0.25) is 14.6 Å². The number of nitrogens with one attached hydrogen (secondary N) is 2. The standard InChI is InChI=1S/C26H34N6O4/c1-25(2,27)23(34)30-21(16-36-15-19-8-4-3-5-9-19)22(33)31-12-13-32-24(35)29-17-26(32,18-31)14-20-10-6-7-11-28-20/h3-11,21H,12-18,27H2,1-2H3,(H,29,35)(H,30,34)/t21-,26?/m1/s1. The molecule has 1 aromatic heterocycles. The zero-order valence-electron chi connectivity index (χ0n) is 20.8. The second kappa shape index (κ2) is 10.6. The number of piperazine rings is 1. The molecule has 36 heavy (non-hydrogen) atoms. The van der Waals surface area contributed by atoms with Crippen LogP contribution in [0.3, 0.4) is 0 Å². The summed E-state index contributed by atoms with van der Waals surface area (Å²) in [7, 11) is 0. The molecule has 0 spiro atoms. The molecule has 2 aliphatic rings. The highest BCUT2D eigenvalue weighted by atomic mass is 16.5. The van der Waals surface area contributed by atoms with Crippen LogP contribution in [0.2, 0.25) is 0 Å². The van der Waals surface area contributed by atoms with Gasteiger partial charge in [0.15, 0.2) is 0 Å². The third-order valence-electron chi connectivity index (χ3n) is 6.60. The molecule has 10 nitrogen and oxygen atoms in total. The first-order valence-electron chi connectivity index (χ1n) is 12.1. The number of rotatable bonds is 9. The Hall–Kier alpha value is -3.50. The fourth-order valence-corrected chi connectivity index (χ4v) is 4.63. The Labute approximate surface area is 211 Å². The second-order valence-electron chi connectivity index (χ2n) is 10.0. The Balaban J connectivity index is 1.50. The molecule has 2 aliphatic heterocycles. The summed E-state index contributed by atoms with van der Waals surface area (Å²) >= 11 is 0. The number of hydrogen-bond donors (Lipinski definition) is 3. The zero-order chi connectivity index (χ0) is 25.8. The monoisotopic (exact) mass is 494 g/mol. The van der Waals surface area contributed by atoms with Gasteiger partial charge in [0.2, 0.25) is 11.8 Å². The van der Waals surface area contributed by atoms with E-state index in [0.29, 0.717) is 39.2 Å². The third-order valence-corrected chi connectivity index (χ3v) is 6.60. The van der Waals surface area contributed by atoms with Gasteiger partial charge in [-0.05, 0) is 31.5 Å². The lowest BCUT2D eigenvalue weighted by Gasteiger charge is -2.46. The summed E-state index contributed by atoms with van der Waals surface area (Å²) in [6.07, 6.45) is 2.23. The molecular formula is C26H34N6O4. The van der Waals surface area contributed by atoms with Crippen LogP contribution < -0.4 is 16.4 Å². The quantitative estimate of drug-likeness (QED) is 0.470. The molecule has 0 aliphatic carbocycles. The van der Waals surface area contributed by atoms with Crippen molar-refractivity contribution in [2.75, 3.05) is 32.8 Å². The first-order chi connectivity index (χ1) is 17.2. The Bertz CT molecular complexity index is 1070. The van der Waals surface area contributed by atoms with Crippen molar-refractivity contribution in [3.8, 4) is 0 Å². The van der Waals surface area contributed by atoms with E-state index in [9.17, 15) is 14.4 Å². The number of benzene rings is 1. The predicted octanol–water partition coefficient (Wildman–Crippen LogP) is 0.669. The minimum absolute atomic E-state index is 0.000182. The summed E-state index contributed by atoms with van der Waals surface area (Å²) in [6.45, 7) is 4.95. The van der Waals surface area contributed by atoms with Gasteiger partial charge in [0.05, 0.1) is 24.3 Å². The largest absolute Gasteiger partial charge is 0.374 e. The van der Waals surface area contributed by atoms with E-state index in [0.717, 1.165) is 11.3 Å². The zero-order valence-corrected chi connectivity index (χ0v) is 20.8. The highest BCUT2D eigenvalue weighted by molar-refractivity contribution is 5.92. The highest BCUT2D eigenvalue weighted by Crippen LogP contribution is 2.29. The maximum absolute atomic E-state index is 13.7. The van der Waals surface area contributed by atoms with Crippen LogP contribution in [0.25, 0.3) is 0 Å². The van der Waals surface area contributed by atoms with E-state index >= 15 is 0 Å². The van der Waals surface area contributed by atoms with E-state index in [1.807, 2.05) is 48.5 Å². The number of carbonyl (C=O) groups is 3. The number of fused-ring (bicyclic) bond motifs is 1. The molecule has 192 valence electrons. The van der Waals surface area contributed by atoms with Gasteiger partial charge in [-0.25, -0.2) is 4.79 Å². The molecular weight excluding hydrogens is 460 g/mol. The number of ether oxygens (including phenoxy) is 1. The number of pyridine rings is 1. The van der Waals surface area contributed by atoms with Crippen molar-refractivity contribution in [3.05, 3.63) is 66.0 Å². The summed E-state index contributed by atoms with van der Waals surface area (Å²) < 4.78 is 5.84. The number of hydrogen-bond acceptors (Lipinski definition) is 6. The molecule has 1 unspecified atom stereocenters. The lowest BCUT2D eigenvalue weighted by atomic mass is 9.89. The van der Waals surface area contributed by atoms with Gasteiger partial charge in [-0.1, -0.05) is 36.4 Å². The van der Waals surface area contributed by atoms with Crippen LogP contribution in [0, 0.1) is 0 Å². The summed E-state index contributed by atoms with van der Waals surface area (Å²) in [4.78, 5) is 46.9. The van der Waals surface area contributed by atoms with Gasteiger partial charge in [0.1, 0.15) is 6.04 Å². The van der Waals surface area contributed by atoms with Gasteiger partial charge >= 0.3 is 6.03 Å². The maximum Gasteiger partial charge on any atom is 0.318 e. The Morgan fingerprint density at radius 1 is 1.19 bits per heavy atom. The molecule has 10 heteroatoms. The number of carbonyl (C=O) groups excluding carboxylic acids is 3. The SMILES string of the molecule is CC(C)(N)C(=O)N[C@H](COCc1ccccc1)C(=O)N1CCN2C(=O)NCC2(Cc2ccccn2)C1. The molecule has 3 heterocycles. The van der Waals surface area contributed by atoms with E-state index in [1.165, 1.54) is 0 Å². The van der Waals surface area contributed by atoms with E-state index < -0.39 is 23.0 Å². The van der Waals surface area contributed by atoms with Gasteiger partial charge in [0.25, 0.3) is 0 Å². The van der Waals surface area contributed by atoms with Crippen LogP contribution in [0.1, 0.15) is 25.1 Å². The number of nitrogens with two attached hydrogens (primary N) is 1. The fourth-order valence-electron chi connectivity index (χ4n) is 4.63. The summed E-state index contributed by atoms with van der Waals surface area (Å²) in [5.41, 5.74) is 6.01. The molecule has 4 amide bonds. The van der Waals surface area contributed by atoms with E-state index in [1.54, 1.807) is 29.8 Å². The molecule has 0 radical (unpaired) electrons. The molecule has 2 atom stereocenters. The highest BCUT2D eigenvalue weighted by Gasteiger charge is 2.50. The molecule has 2 aromatic rings. The molecule has 2 fully saturated rings. The van der Waals surface area contributed by atoms with E-state index in [4.69, 9.17) is 10.5 Å². The molecule has 1 aromatic carbocycles. The Kier molecular flexibility index (Phi) is 7.56. The molecule has 4 rings (SSSR count). The minimum atomic E-state index is -1.15. The van der Waals surface area contributed by atoms with Crippen LogP contribution in [0.4, 0.5) is 4.79 Å². The lowest BCUT2D eigenvalue weighted by Crippen LogP contribution is -2.66. The number of urea groups is 1. The van der Waals surface area contributed by atoms with E-state index in [2.05, 4.69) is 15.6 Å². The number of nitrogens with zero attached hydrogens (tertiary/aromatic N) is 3. The van der Waals surface area contributed by atoms with E-state index in [-0.39, 0.29) is 18.5 Å². The lowest BCUT2D eigenvalue weighted by molar-refractivity contribution is -0.142. The van der Waals surface area contributed by atoms with Crippen LogP contribution in [-0.2, 0) is 27.4 Å². The van der Waals surface area contributed by atoms with Crippen LogP contribution in [0.15, 0.2) is 54.7 Å². The first kappa shape index (κ1) is 25.6. The summed E-state index contributed by atoms with van der Waals surface area (Å²) in [5.74, 6) is -0.705. The van der Waals surface area contributed by atoms with Gasteiger partial charge < -0.3 is 30.9 Å².